The van der Waals surface area contributed by atoms with Crippen LogP contribution in [0.1, 0.15) is 33.1 Å². The van der Waals surface area contributed by atoms with E-state index >= 15 is 0 Å². The normalized spacial score (nSPS) is 12.6. The molecule has 0 aromatic heterocycles. The van der Waals surface area contributed by atoms with Crippen LogP contribution in [0.4, 0.5) is 0 Å². The van der Waals surface area contributed by atoms with Gasteiger partial charge in [-0.05, 0) is 12.8 Å². The van der Waals surface area contributed by atoms with Gasteiger partial charge in [-0.25, -0.2) is 5.84 Å². The molecule has 0 fully saturated rings. The van der Waals surface area contributed by atoms with Gasteiger partial charge in [-0.2, -0.15) is 0 Å². The molecule has 4 nitrogen and oxygen atoms in total. The number of nitrogens with two attached hydrogens (primary N) is 1. The molecule has 3 N–H and O–H groups in total. The van der Waals surface area contributed by atoms with E-state index in [0.717, 1.165) is 12.8 Å². The molecule has 1 unspecified atom stereocenters. The zero-order valence-corrected chi connectivity index (χ0v) is 7.80. The third kappa shape index (κ3) is 4.31. The molecule has 0 aliphatic rings. The molecule has 0 aliphatic heterocycles. The van der Waals surface area contributed by atoms with Crippen LogP contribution in [0.5, 0.6) is 0 Å². The highest BCUT2D eigenvalue weighted by Gasteiger charge is 2.14. The Morgan fingerprint density at radius 1 is 1.58 bits per heavy atom. The molecule has 0 heterocycles. The van der Waals surface area contributed by atoms with Gasteiger partial charge in [0.05, 0.1) is 0 Å². The van der Waals surface area contributed by atoms with Crippen molar-refractivity contribution in [3.8, 4) is 0 Å². The molecule has 0 aromatic carbocycles. The highest BCUT2D eigenvalue weighted by molar-refractivity contribution is 5.79. The molecular formula is C8H18N2O2. The molecule has 72 valence electrons. The first-order valence-electron chi connectivity index (χ1n) is 4.38. The van der Waals surface area contributed by atoms with Gasteiger partial charge in [-0.1, -0.05) is 20.3 Å². The zero-order valence-electron chi connectivity index (χ0n) is 7.80. The number of amides is 1. The van der Waals surface area contributed by atoms with Crippen molar-refractivity contribution in [3.63, 3.8) is 0 Å². The number of nitrogens with one attached hydrogen (secondary N) is 1. The largest absolute Gasteiger partial charge is 0.368 e. The molecule has 12 heavy (non-hydrogen) atoms. The highest BCUT2D eigenvalue weighted by Crippen LogP contribution is 1.99. The van der Waals surface area contributed by atoms with Gasteiger partial charge in [0.2, 0.25) is 0 Å². The lowest BCUT2D eigenvalue weighted by atomic mass is 10.2. The molecule has 0 saturated carbocycles. The van der Waals surface area contributed by atoms with Crippen LogP contribution in [-0.4, -0.2) is 18.6 Å². The van der Waals surface area contributed by atoms with Crippen molar-refractivity contribution in [1.29, 1.82) is 0 Å². The maximum Gasteiger partial charge on any atom is 0.262 e. The summed E-state index contributed by atoms with van der Waals surface area (Å²) in [6.07, 6.45) is 2.32. The average molecular weight is 174 g/mol. The van der Waals surface area contributed by atoms with Crippen molar-refractivity contribution >= 4 is 5.91 Å². The molecule has 1 amide bonds. The summed E-state index contributed by atoms with van der Waals surface area (Å²) >= 11 is 0. The van der Waals surface area contributed by atoms with Crippen LogP contribution in [0.3, 0.4) is 0 Å². The second-order valence-corrected chi connectivity index (χ2v) is 2.63. The minimum atomic E-state index is -0.387. The van der Waals surface area contributed by atoms with Crippen LogP contribution in [-0.2, 0) is 9.53 Å². The predicted molar refractivity (Wildman–Crippen MR) is 47.3 cm³/mol. The Labute approximate surface area is 73.4 Å². The Hall–Kier alpha value is -0.610. The monoisotopic (exact) mass is 174 g/mol. The summed E-state index contributed by atoms with van der Waals surface area (Å²) in [5, 5.41) is 0. The van der Waals surface area contributed by atoms with E-state index in [1.165, 1.54) is 0 Å². The van der Waals surface area contributed by atoms with Crippen molar-refractivity contribution in [1.82, 2.24) is 5.43 Å². The molecule has 0 spiro atoms. The smallest absolute Gasteiger partial charge is 0.262 e. The number of carbonyl (C=O) groups is 1. The number of hydrazine groups is 1. The van der Waals surface area contributed by atoms with Crippen molar-refractivity contribution in [2.45, 2.75) is 39.2 Å². The lowest BCUT2D eigenvalue weighted by molar-refractivity contribution is -0.133. The van der Waals surface area contributed by atoms with Crippen LogP contribution in [0.25, 0.3) is 0 Å². The average Bonchev–Trinajstić information content (AvgIpc) is 2.11. The molecule has 0 rings (SSSR count). The van der Waals surface area contributed by atoms with E-state index in [0.29, 0.717) is 13.0 Å². The fraction of sp³-hybridized carbons (Fsp3) is 0.875. The maximum atomic E-state index is 11.0. The molecular weight excluding hydrogens is 156 g/mol. The summed E-state index contributed by atoms with van der Waals surface area (Å²) in [6.45, 7) is 4.60. The third-order valence-electron chi connectivity index (χ3n) is 1.62. The molecule has 0 radical (unpaired) electrons. The Kier molecular flexibility index (Phi) is 6.70. The first-order valence-corrected chi connectivity index (χ1v) is 4.38. The van der Waals surface area contributed by atoms with E-state index in [2.05, 4.69) is 12.3 Å². The van der Waals surface area contributed by atoms with Crippen molar-refractivity contribution < 1.29 is 9.53 Å². The second-order valence-electron chi connectivity index (χ2n) is 2.63. The first kappa shape index (κ1) is 11.4. The Balaban J connectivity index is 3.60. The van der Waals surface area contributed by atoms with Gasteiger partial charge < -0.3 is 4.74 Å². The summed E-state index contributed by atoms with van der Waals surface area (Å²) < 4.78 is 5.29. The summed E-state index contributed by atoms with van der Waals surface area (Å²) in [4.78, 5) is 11.0. The van der Waals surface area contributed by atoms with E-state index in [1.807, 2.05) is 6.92 Å². The first-order chi connectivity index (χ1) is 5.76. The summed E-state index contributed by atoms with van der Waals surface area (Å²) in [5.41, 5.74) is 2.08. The van der Waals surface area contributed by atoms with Crippen molar-refractivity contribution in [2.24, 2.45) is 5.84 Å². The van der Waals surface area contributed by atoms with Crippen LogP contribution < -0.4 is 11.3 Å². The number of rotatable bonds is 6. The minimum Gasteiger partial charge on any atom is -0.368 e. The lowest BCUT2D eigenvalue weighted by Crippen LogP contribution is -2.40. The topological polar surface area (TPSA) is 64.3 Å². The van der Waals surface area contributed by atoms with Crippen LogP contribution in [0.15, 0.2) is 0 Å². The summed E-state index contributed by atoms with van der Waals surface area (Å²) in [6, 6.07) is 0. The Morgan fingerprint density at radius 2 is 2.25 bits per heavy atom. The molecule has 0 aromatic rings. The van der Waals surface area contributed by atoms with Gasteiger partial charge in [-0.3, -0.25) is 10.2 Å². The van der Waals surface area contributed by atoms with Gasteiger partial charge in [0.1, 0.15) is 6.10 Å². The van der Waals surface area contributed by atoms with Crippen LogP contribution in [0.2, 0.25) is 0 Å². The van der Waals surface area contributed by atoms with E-state index in [4.69, 9.17) is 10.6 Å². The number of unbranched alkanes of at least 4 members (excludes halogenated alkanes) is 1. The lowest BCUT2D eigenvalue weighted by Gasteiger charge is -2.13. The number of carbonyl (C=O) groups excluding carboxylic acids is 1. The van der Waals surface area contributed by atoms with Gasteiger partial charge in [0.25, 0.3) is 5.91 Å². The van der Waals surface area contributed by atoms with E-state index in [1.54, 1.807) is 0 Å². The molecule has 4 heteroatoms. The van der Waals surface area contributed by atoms with Crippen LogP contribution in [0, 0.1) is 0 Å². The number of hydrogen-bond acceptors (Lipinski definition) is 3. The van der Waals surface area contributed by atoms with Gasteiger partial charge in [0.15, 0.2) is 0 Å². The standard InChI is InChI=1S/C8H18N2O2/c1-3-5-6-12-7(4-2)8(11)10-9/h7H,3-6,9H2,1-2H3,(H,10,11). The van der Waals surface area contributed by atoms with E-state index in [9.17, 15) is 4.79 Å². The van der Waals surface area contributed by atoms with Crippen molar-refractivity contribution in [2.75, 3.05) is 6.61 Å². The van der Waals surface area contributed by atoms with E-state index in [-0.39, 0.29) is 12.0 Å². The molecule has 1 atom stereocenters. The Morgan fingerprint density at radius 3 is 2.67 bits per heavy atom. The fourth-order valence-electron chi connectivity index (χ4n) is 0.842. The van der Waals surface area contributed by atoms with Crippen LogP contribution >= 0.6 is 0 Å². The SMILES string of the molecule is CCCCOC(CC)C(=O)NN. The fourth-order valence-corrected chi connectivity index (χ4v) is 0.842. The Bertz CT molecular complexity index is 128. The summed E-state index contributed by atoms with van der Waals surface area (Å²) in [7, 11) is 0. The third-order valence-corrected chi connectivity index (χ3v) is 1.62. The number of hydrogen-bond donors (Lipinski definition) is 2. The molecule has 0 bridgehead atoms. The quantitative estimate of drug-likeness (QED) is 0.268. The van der Waals surface area contributed by atoms with Gasteiger partial charge in [0, 0.05) is 6.61 Å². The predicted octanol–water partition coefficient (Wildman–Crippen LogP) is 0.572. The summed E-state index contributed by atoms with van der Waals surface area (Å²) in [5.74, 6) is 4.73. The maximum absolute atomic E-state index is 11.0. The minimum absolute atomic E-state index is 0.242. The molecule has 0 saturated heterocycles. The zero-order chi connectivity index (χ0) is 9.40. The highest BCUT2D eigenvalue weighted by atomic mass is 16.5. The van der Waals surface area contributed by atoms with E-state index < -0.39 is 0 Å². The van der Waals surface area contributed by atoms with Gasteiger partial charge >= 0.3 is 0 Å². The molecule has 0 aliphatic carbocycles. The van der Waals surface area contributed by atoms with Crippen molar-refractivity contribution in [3.05, 3.63) is 0 Å². The second kappa shape index (κ2) is 7.06. The number of ether oxygens (including phenoxy) is 1. The van der Waals surface area contributed by atoms with Gasteiger partial charge in [-0.15, -0.1) is 0 Å².